The summed E-state index contributed by atoms with van der Waals surface area (Å²) in [6.07, 6.45) is 0.00347. The first kappa shape index (κ1) is 12.3. The molecule has 4 heteroatoms. The van der Waals surface area contributed by atoms with Crippen LogP contribution in [-0.2, 0) is 10.6 Å². The molecule has 0 radical (unpaired) electrons. The Morgan fingerprint density at radius 3 is 2.73 bits per heavy atom. The fraction of sp³-hybridized carbons (Fsp3) is 0.545. The molecule has 1 aromatic heterocycles. The summed E-state index contributed by atoms with van der Waals surface area (Å²) >= 11 is 5.74. The summed E-state index contributed by atoms with van der Waals surface area (Å²) in [6.45, 7) is 4.42. The predicted octanol–water partition coefficient (Wildman–Crippen LogP) is 2.54. The van der Waals surface area contributed by atoms with E-state index in [9.17, 15) is 0 Å². The lowest BCUT2D eigenvalue weighted by atomic mass is 10.2. The summed E-state index contributed by atoms with van der Waals surface area (Å²) in [7, 11) is 1.65. The lowest BCUT2D eigenvalue weighted by Gasteiger charge is -2.13. The Morgan fingerprint density at radius 2 is 2.20 bits per heavy atom. The SMILES string of the molecule is COCC(C)Oc1ccc(CCl)c(C)n1. The van der Waals surface area contributed by atoms with E-state index in [0.717, 1.165) is 11.3 Å². The van der Waals surface area contributed by atoms with Gasteiger partial charge in [-0.15, -0.1) is 11.6 Å². The number of hydrogen-bond donors (Lipinski definition) is 0. The first-order chi connectivity index (χ1) is 7.17. The van der Waals surface area contributed by atoms with Gasteiger partial charge in [0, 0.05) is 24.8 Å². The van der Waals surface area contributed by atoms with Crippen LogP contribution in [0.5, 0.6) is 5.88 Å². The van der Waals surface area contributed by atoms with Crippen molar-refractivity contribution in [3.05, 3.63) is 23.4 Å². The number of hydrogen-bond acceptors (Lipinski definition) is 3. The molecule has 0 saturated heterocycles. The Bertz CT molecular complexity index is 317. The van der Waals surface area contributed by atoms with Crippen molar-refractivity contribution in [2.24, 2.45) is 0 Å². The zero-order valence-electron chi connectivity index (χ0n) is 9.29. The summed E-state index contributed by atoms with van der Waals surface area (Å²) in [5.74, 6) is 1.10. The van der Waals surface area contributed by atoms with Crippen molar-refractivity contribution in [2.75, 3.05) is 13.7 Å². The lowest BCUT2D eigenvalue weighted by Crippen LogP contribution is -2.18. The Balaban J connectivity index is 2.66. The first-order valence-corrected chi connectivity index (χ1v) is 5.39. The van der Waals surface area contributed by atoms with Crippen molar-refractivity contribution < 1.29 is 9.47 Å². The van der Waals surface area contributed by atoms with Crippen molar-refractivity contribution in [3.8, 4) is 5.88 Å². The van der Waals surface area contributed by atoms with Gasteiger partial charge in [-0.25, -0.2) is 4.98 Å². The number of pyridine rings is 1. The molecule has 0 aliphatic heterocycles. The van der Waals surface area contributed by atoms with E-state index >= 15 is 0 Å². The Kier molecular flexibility index (Phi) is 4.85. The van der Waals surface area contributed by atoms with E-state index in [1.54, 1.807) is 7.11 Å². The smallest absolute Gasteiger partial charge is 0.213 e. The average molecular weight is 230 g/mol. The van der Waals surface area contributed by atoms with Gasteiger partial charge in [0.25, 0.3) is 0 Å². The first-order valence-electron chi connectivity index (χ1n) is 4.85. The highest BCUT2D eigenvalue weighted by Gasteiger charge is 2.06. The predicted molar refractivity (Wildman–Crippen MR) is 60.5 cm³/mol. The summed E-state index contributed by atoms with van der Waals surface area (Å²) in [5, 5.41) is 0. The fourth-order valence-electron chi connectivity index (χ4n) is 1.25. The molecule has 0 bridgehead atoms. The molecule has 1 heterocycles. The van der Waals surface area contributed by atoms with Gasteiger partial charge in [-0.1, -0.05) is 6.07 Å². The molecular weight excluding hydrogens is 214 g/mol. The van der Waals surface area contributed by atoms with Crippen LogP contribution in [0.2, 0.25) is 0 Å². The molecule has 15 heavy (non-hydrogen) atoms. The molecule has 84 valence electrons. The maximum atomic E-state index is 5.74. The molecule has 0 aliphatic carbocycles. The number of aromatic nitrogens is 1. The van der Waals surface area contributed by atoms with Gasteiger partial charge >= 0.3 is 0 Å². The second-order valence-corrected chi connectivity index (χ2v) is 3.68. The van der Waals surface area contributed by atoms with Crippen molar-refractivity contribution in [2.45, 2.75) is 25.8 Å². The quantitative estimate of drug-likeness (QED) is 0.728. The number of methoxy groups -OCH3 is 1. The molecule has 1 unspecified atom stereocenters. The Labute approximate surface area is 95.4 Å². The maximum Gasteiger partial charge on any atom is 0.213 e. The standard InChI is InChI=1S/C11H16ClNO2/c1-8(7-14-3)15-11-5-4-10(6-12)9(2)13-11/h4-5,8H,6-7H2,1-3H3. The van der Waals surface area contributed by atoms with Crippen LogP contribution in [-0.4, -0.2) is 24.8 Å². The van der Waals surface area contributed by atoms with Crippen LogP contribution < -0.4 is 4.74 Å². The third-order valence-electron chi connectivity index (χ3n) is 2.04. The molecule has 0 spiro atoms. The van der Waals surface area contributed by atoms with Gasteiger partial charge in [0.2, 0.25) is 5.88 Å². The molecule has 0 amide bonds. The summed E-state index contributed by atoms with van der Waals surface area (Å²) in [4.78, 5) is 4.30. The monoisotopic (exact) mass is 229 g/mol. The molecule has 1 atom stereocenters. The summed E-state index contributed by atoms with van der Waals surface area (Å²) < 4.78 is 10.5. The number of alkyl halides is 1. The highest BCUT2D eigenvalue weighted by atomic mass is 35.5. The van der Waals surface area contributed by atoms with Crippen molar-refractivity contribution >= 4 is 11.6 Å². The second-order valence-electron chi connectivity index (χ2n) is 3.41. The van der Waals surface area contributed by atoms with Crippen LogP contribution in [0.3, 0.4) is 0 Å². The molecule has 0 N–H and O–H groups in total. The van der Waals surface area contributed by atoms with Gasteiger partial charge in [0.1, 0.15) is 6.10 Å². The molecule has 1 rings (SSSR count). The summed E-state index contributed by atoms with van der Waals surface area (Å²) in [6, 6.07) is 3.76. The van der Waals surface area contributed by atoms with E-state index in [0.29, 0.717) is 18.4 Å². The average Bonchev–Trinajstić information content (AvgIpc) is 2.18. The molecule has 1 aromatic rings. The van der Waals surface area contributed by atoms with Gasteiger partial charge in [-0.3, -0.25) is 0 Å². The van der Waals surface area contributed by atoms with E-state index in [-0.39, 0.29) is 6.10 Å². The van der Waals surface area contributed by atoms with Crippen LogP contribution in [0.25, 0.3) is 0 Å². The van der Waals surface area contributed by atoms with Crippen LogP contribution in [0.15, 0.2) is 12.1 Å². The Morgan fingerprint density at radius 1 is 1.47 bits per heavy atom. The molecule has 3 nitrogen and oxygen atoms in total. The number of halogens is 1. The minimum atomic E-state index is 0.00347. The minimum absolute atomic E-state index is 0.00347. The topological polar surface area (TPSA) is 31.4 Å². The van der Waals surface area contributed by atoms with Gasteiger partial charge in [0.15, 0.2) is 0 Å². The normalized spacial score (nSPS) is 12.5. The largest absolute Gasteiger partial charge is 0.472 e. The molecule has 0 aliphatic rings. The third kappa shape index (κ3) is 3.68. The Hall–Kier alpha value is -0.800. The van der Waals surface area contributed by atoms with Gasteiger partial charge in [-0.05, 0) is 19.4 Å². The van der Waals surface area contributed by atoms with Crippen LogP contribution in [0, 0.1) is 6.92 Å². The third-order valence-corrected chi connectivity index (χ3v) is 2.32. The number of nitrogens with zero attached hydrogens (tertiary/aromatic N) is 1. The number of ether oxygens (including phenoxy) is 2. The van der Waals surface area contributed by atoms with Gasteiger partial charge in [-0.2, -0.15) is 0 Å². The number of rotatable bonds is 5. The van der Waals surface area contributed by atoms with Crippen molar-refractivity contribution in [1.82, 2.24) is 4.98 Å². The van der Waals surface area contributed by atoms with Crippen molar-refractivity contribution in [3.63, 3.8) is 0 Å². The molecule has 0 fully saturated rings. The number of aryl methyl sites for hydroxylation is 1. The van der Waals surface area contributed by atoms with Crippen LogP contribution in [0.4, 0.5) is 0 Å². The van der Waals surface area contributed by atoms with Crippen molar-refractivity contribution in [1.29, 1.82) is 0 Å². The highest BCUT2D eigenvalue weighted by molar-refractivity contribution is 6.17. The summed E-state index contributed by atoms with van der Waals surface area (Å²) in [5.41, 5.74) is 1.94. The minimum Gasteiger partial charge on any atom is -0.472 e. The molecular formula is C11H16ClNO2. The zero-order chi connectivity index (χ0) is 11.3. The van der Waals surface area contributed by atoms with E-state index in [1.807, 2.05) is 26.0 Å². The van der Waals surface area contributed by atoms with E-state index in [4.69, 9.17) is 21.1 Å². The van der Waals surface area contributed by atoms with Crippen LogP contribution >= 0.6 is 11.6 Å². The molecule has 0 aromatic carbocycles. The maximum absolute atomic E-state index is 5.74. The van der Waals surface area contributed by atoms with Gasteiger partial charge in [0.05, 0.1) is 6.61 Å². The lowest BCUT2D eigenvalue weighted by molar-refractivity contribution is 0.0888. The second kappa shape index (κ2) is 5.93. The van der Waals surface area contributed by atoms with Gasteiger partial charge < -0.3 is 9.47 Å². The molecule has 0 saturated carbocycles. The van der Waals surface area contributed by atoms with Crippen LogP contribution in [0.1, 0.15) is 18.2 Å². The van der Waals surface area contributed by atoms with E-state index in [2.05, 4.69) is 4.98 Å². The van der Waals surface area contributed by atoms with E-state index < -0.39 is 0 Å². The fourth-order valence-corrected chi connectivity index (χ4v) is 1.53. The van der Waals surface area contributed by atoms with E-state index in [1.165, 1.54) is 0 Å². The zero-order valence-corrected chi connectivity index (χ0v) is 10.0. The highest BCUT2D eigenvalue weighted by Crippen LogP contribution is 2.15.